The molecule has 0 aromatic heterocycles. The van der Waals surface area contributed by atoms with Gasteiger partial charge in [-0.1, -0.05) is 19.9 Å². The predicted molar refractivity (Wildman–Crippen MR) is 104 cm³/mol. The molecule has 2 fully saturated rings. The Labute approximate surface area is 152 Å². The molecule has 0 aliphatic carbocycles. The molecule has 2 aliphatic heterocycles. The zero-order chi connectivity index (χ0) is 18.0. The molecule has 1 aromatic rings. The number of anilines is 1. The first-order chi connectivity index (χ1) is 12.0. The molecule has 2 heterocycles. The molecule has 0 amide bonds. The van der Waals surface area contributed by atoms with Gasteiger partial charge in [0.1, 0.15) is 5.82 Å². The number of rotatable bonds is 4. The molecule has 0 N–H and O–H groups in total. The molecular formula is C21H34FN3. The fourth-order valence-electron chi connectivity index (χ4n) is 4.29. The highest BCUT2D eigenvalue weighted by molar-refractivity contribution is 5.49. The monoisotopic (exact) mass is 347 g/mol. The van der Waals surface area contributed by atoms with Crippen molar-refractivity contribution in [1.82, 2.24) is 9.80 Å². The van der Waals surface area contributed by atoms with Gasteiger partial charge in [0, 0.05) is 44.0 Å². The third kappa shape index (κ3) is 4.35. The Bertz CT molecular complexity index is 556. The summed E-state index contributed by atoms with van der Waals surface area (Å²) in [6.45, 7) is 15.3. The highest BCUT2D eigenvalue weighted by Gasteiger charge is 2.28. The standard InChI is InChI=1S/C21H34FN3/c1-16(2)20-6-5-19(15-21(20)22)25-13-11-24(12-14-25)18-7-9-23(10-8-18)17(3)4/h5-6,15-18H,7-14H2,1-4H3. The van der Waals surface area contributed by atoms with E-state index in [1.54, 1.807) is 6.07 Å². The average molecular weight is 348 g/mol. The molecule has 2 saturated heterocycles. The Hall–Kier alpha value is -1.13. The zero-order valence-electron chi connectivity index (χ0n) is 16.3. The van der Waals surface area contributed by atoms with Crippen LogP contribution in [0.3, 0.4) is 0 Å². The summed E-state index contributed by atoms with van der Waals surface area (Å²) in [7, 11) is 0. The number of hydrogen-bond donors (Lipinski definition) is 0. The Balaban J connectivity index is 1.53. The topological polar surface area (TPSA) is 9.72 Å². The summed E-state index contributed by atoms with van der Waals surface area (Å²) in [5.41, 5.74) is 1.86. The molecule has 140 valence electrons. The molecule has 0 unspecified atom stereocenters. The van der Waals surface area contributed by atoms with Crippen LogP contribution in [0.2, 0.25) is 0 Å². The minimum Gasteiger partial charge on any atom is -0.369 e. The van der Waals surface area contributed by atoms with Crippen LogP contribution in [0.4, 0.5) is 10.1 Å². The van der Waals surface area contributed by atoms with E-state index < -0.39 is 0 Å². The first-order valence-electron chi connectivity index (χ1n) is 9.98. The van der Waals surface area contributed by atoms with Gasteiger partial charge in [-0.2, -0.15) is 0 Å². The van der Waals surface area contributed by atoms with Gasteiger partial charge < -0.3 is 9.80 Å². The highest BCUT2D eigenvalue weighted by Crippen LogP contribution is 2.26. The Morgan fingerprint density at radius 1 is 0.920 bits per heavy atom. The van der Waals surface area contributed by atoms with Crippen molar-refractivity contribution in [3.8, 4) is 0 Å². The highest BCUT2D eigenvalue weighted by atomic mass is 19.1. The maximum atomic E-state index is 14.3. The lowest BCUT2D eigenvalue weighted by Crippen LogP contribution is -2.53. The van der Waals surface area contributed by atoms with Crippen LogP contribution >= 0.6 is 0 Å². The van der Waals surface area contributed by atoms with E-state index in [9.17, 15) is 4.39 Å². The Morgan fingerprint density at radius 2 is 1.56 bits per heavy atom. The van der Waals surface area contributed by atoms with Crippen molar-refractivity contribution in [3.63, 3.8) is 0 Å². The van der Waals surface area contributed by atoms with E-state index in [1.165, 1.54) is 25.9 Å². The van der Waals surface area contributed by atoms with E-state index in [2.05, 4.69) is 34.6 Å². The summed E-state index contributed by atoms with van der Waals surface area (Å²) in [6.07, 6.45) is 2.58. The first-order valence-corrected chi connectivity index (χ1v) is 9.98. The maximum absolute atomic E-state index is 14.3. The first kappa shape index (κ1) is 18.7. The van der Waals surface area contributed by atoms with Crippen molar-refractivity contribution in [2.45, 2.75) is 58.5 Å². The molecular weight excluding hydrogens is 313 g/mol. The van der Waals surface area contributed by atoms with Crippen LogP contribution in [0.15, 0.2) is 18.2 Å². The second-order valence-electron chi connectivity index (χ2n) is 8.24. The summed E-state index contributed by atoms with van der Waals surface area (Å²) in [5.74, 6) is 0.179. The zero-order valence-corrected chi connectivity index (χ0v) is 16.3. The van der Waals surface area contributed by atoms with Crippen LogP contribution in [0.1, 0.15) is 52.0 Å². The van der Waals surface area contributed by atoms with Crippen LogP contribution in [0.5, 0.6) is 0 Å². The number of piperidine rings is 1. The van der Waals surface area contributed by atoms with Crippen molar-refractivity contribution in [3.05, 3.63) is 29.6 Å². The van der Waals surface area contributed by atoms with E-state index in [0.717, 1.165) is 43.5 Å². The smallest absolute Gasteiger partial charge is 0.128 e. The number of likely N-dealkylation sites (tertiary alicyclic amines) is 1. The van der Waals surface area contributed by atoms with Gasteiger partial charge in [-0.05, 0) is 63.4 Å². The molecule has 0 atom stereocenters. The molecule has 0 saturated carbocycles. The van der Waals surface area contributed by atoms with Gasteiger partial charge in [0.15, 0.2) is 0 Å². The van der Waals surface area contributed by atoms with Gasteiger partial charge in [-0.3, -0.25) is 4.90 Å². The van der Waals surface area contributed by atoms with Crippen LogP contribution in [0.25, 0.3) is 0 Å². The van der Waals surface area contributed by atoms with E-state index in [0.29, 0.717) is 6.04 Å². The summed E-state index contributed by atoms with van der Waals surface area (Å²) < 4.78 is 14.3. The van der Waals surface area contributed by atoms with Crippen molar-refractivity contribution in [1.29, 1.82) is 0 Å². The number of piperazine rings is 1. The summed E-state index contributed by atoms with van der Waals surface area (Å²) in [5, 5.41) is 0. The molecule has 0 radical (unpaired) electrons. The van der Waals surface area contributed by atoms with Gasteiger partial charge >= 0.3 is 0 Å². The second kappa shape index (κ2) is 8.05. The SMILES string of the molecule is CC(C)c1ccc(N2CCN(C3CCN(C(C)C)CC3)CC2)cc1F. The van der Waals surface area contributed by atoms with Crippen LogP contribution in [-0.4, -0.2) is 61.2 Å². The molecule has 0 bridgehead atoms. The molecule has 25 heavy (non-hydrogen) atoms. The summed E-state index contributed by atoms with van der Waals surface area (Å²) in [4.78, 5) is 7.59. The molecule has 2 aliphatic rings. The molecule has 0 spiro atoms. The number of benzene rings is 1. The third-order valence-electron chi connectivity index (χ3n) is 6.03. The van der Waals surface area contributed by atoms with E-state index in [1.807, 2.05) is 19.9 Å². The van der Waals surface area contributed by atoms with Gasteiger partial charge in [0.2, 0.25) is 0 Å². The summed E-state index contributed by atoms with van der Waals surface area (Å²) >= 11 is 0. The Morgan fingerprint density at radius 3 is 2.08 bits per heavy atom. The van der Waals surface area contributed by atoms with Crippen molar-refractivity contribution in [2.75, 3.05) is 44.2 Å². The predicted octanol–water partition coefficient (Wildman–Crippen LogP) is 3.94. The lowest BCUT2D eigenvalue weighted by atomic mass is 10.0. The molecule has 1 aromatic carbocycles. The molecule has 3 nitrogen and oxygen atoms in total. The lowest BCUT2D eigenvalue weighted by Gasteiger charge is -2.44. The second-order valence-corrected chi connectivity index (χ2v) is 8.24. The van der Waals surface area contributed by atoms with Gasteiger partial charge in [0.25, 0.3) is 0 Å². The molecule has 4 heteroatoms. The van der Waals surface area contributed by atoms with E-state index >= 15 is 0 Å². The van der Waals surface area contributed by atoms with Gasteiger partial charge in [0.05, 0.1) is 0 Å². The van der Waals surface area contributed by atoms with Crippen molar-refractivity contribution in [2.24, 2.45) is 0 Å². The van der Waals surface area contributed by atoms with Crippen LogP contribution in [-0.2, 0) is 0 Å². The Kier molecular flexibility index (Phi) is 6.00. The molecule has 3 rings (SSSR count). The van der Waals surface area contributed by atoms with E-state index in [4.69, 9.17) is 0 Å². The minimum absolute atomic E-state index is 0.0593. The maximum Gasteiger partial charge on any atom is 0.128 e. The van der Waals surface area contributed by atoms with Gasteiger partial charge in [-0.25, -0.2) is 4.39 Å². The number of hydrogen-bond acceptors (Lipinski definition) is 3. The summed E-state index contributed by atoms with van der Waals surface area (Å²) in [6, 6.07) is 7.18. The van der Waals surface area contributed by atoms with Crippen molar-refractivity contribution >= 4 is 5.69 Å². The number of halogens is 1. The van der Waals surface area contributed by atoms with Crippen LogP contribution in [0, 0.1) is 5.82 Å². The fraction of sp³-hybridized carbons (Fsp3) is 0.714. The van der Waals surface area contributed by atoms with Crippen molar-refractivity contribution < 1.29 is 4.39 Å². The quantitative estimate of drug-likeness (QED) is 0.817. The lowest BCUT2D eigenvalue weighted by molar-refractivity contribution is 0.0883. The van der Waals surface area contributed by atoms with E-state index in [-0.39, 0.29) is 11.7 Å². The fourth-order valence-corrected chi connectivity index (χ4v) is 4.29. The number of nitrogens with zero attached hydrogens (tertiary/aromatic N) is 3. The average Bonchev–Trinajstić information content (AvgIpc) is 2.61. The van der Waals surface area contributed by atoms with Crippen LogP contribution < -0.4 is 4.90 Å². The normalized spacial score (nSPS) is 21.5. The minimum atomic E-state index is -0.0593. The van der Waals surface area contributed by atoms with Gasteiger partial charge in [-0.15, -0.1) is 0 Å². The largest absolute Gasteiger partial charge is 0.369 e. The third-order valence-corrected chi connectivity index (χ3v) is 6.03.